The largest absolute Gasteiger partial charge is 0.374 e. The molecule has 1 aromatic heterocycles. The highest BCUT2D eigenvalue weighted by Crippen LogP contribution is 2.23. The van der Waals surface area contributed by atoms with E-state index in [1.807, 2.05) is 42.5 Å². The fourth-order valence-electron chi connectivity index (χ4n) is 3.25. The Balaban J connectivity index is 1.55. The predicted octanol–water partition coefficient (Wildman–Crippen LogP) is 4.05. The second-order valence-corrected chi connectivity index (χ2v) is 6.35. The lowest BCUT2D eigenvalue weighted by atomic mass is 10.1. The van der Waals surface area contributed by atoms with Crippen molar-refractivity contribution in [3.05, 3.63) is 64.4 Å². The maximum Gasteiger partial charge on any atom is 0.259 e. The Morgan fingerprint density at radius 1 is 1.04 bits per heavy atom. The van der Waals surface area contributed by atoms with Crippen LogP contribution in [-0.2, 0) is 11.3 Å². The Bertz CT molecular complexity index is 893. The molecule has 0 spiro atoms. The second kappa shape index (κ2) is 6.57. The third-order valence-electron chi connectivity index (χ3n) is 4.63. The molecule has 4 rings (SSSR count). The molecule has 1 N–H and O–H groups in total. The van der Waals surface area contributed by atoms with E-state index in [9.17, 15) is 4.79 Å². The van der Waals surface area contributed by atoms with Crippen LogP contribution in [0, 0.1) is 0 Å². The first-order valence-corrected chi connectivity index (χ1v) is 8.49. The summed E-state index contributed by atoms with van der Waals surface area (Å²) >= 11 is 0. The van der Waals surface area contributed by atoms with Crippen molar-refractivity contribution in [1.29, 1.82) is 0 Å². The van der Waals surface area contributed by atoms with Crippen molar-refractivity contribution in [2.75, 3.05) is 0 Å². The van der Waals surface area contributed by atoms with Gasteiger partial charge in [-0.2, -0.15) is 0 Å². The van der Waals surface area contributed by atoms with Crippen LogP contribution in [0.25, 0.3) is 22.3 Å². The van der Waals surface area contributed by atoms with E-state index in [0.717, 1.165) is 11.1 Å². The molecule has 122 valence electrons. The quantitative estimate of drug-likeness (QED) is 0.789. The SMILES string of the molecule is O=c1[nH]c(-c2ccc(COC3CCCC3)cc2)nc2ccccc12. The van der Waals surface area contributed by atoms with E-state index in [1.165, 1.54) is 25.7 Å². The Hall–Kier alpha value is -2.46. The van der Waals surface area contributed by atoms with Crippen LogP contribution in [0.15, 0.2) is 53.3 Å². The van der Waals surface area contributed by atoms with Gasteiger partial charge in [0.2, 0.25) is 0 Å². The average Bonchev–Trinajstić information content (AvgIpc) is 3.14. The summed E-state index contributed by atoms with van der Waals surface area (Å²) in [5.41, 5.74) is 2.66. The maximum atomic E-state index is 12.2. The number of hydrogen-bond donors (Lipinski definition) is 1. The first-order chi connectivity index (χ1) is 11.8. The molecular formula is C20H20N2O2. The summed E-state index contributed by atoms with van der Waals surface area (Å²) < 4.78 is 5.94. The van der Waals surface area contributed by atoms with E-state index < -0.39 is 0 Å². The van der Waals surface area contributed by atoms with Crippen molar-refractivity contribution >= 4 is 10.9 Å². The molecule has 1 fully saturated rings. The number of rotatable bonds is 4. The number of benzene rings is 2. The number of aromatic nitrogens is 2. The van der Waals surface area contributed by atoms with Crippen molar-refractivity contribution in [3.8, 4) is 11.4 Å². The van der Waals surface area contributed by atoms with Gasteiger partial charge in [0.25, 0.3) is 5.56 Å². The number of hydrogen-bond acceptors (Lipinski definition) is 3. The minimum absolute atomic E-state index is 0.107. The average molecular weight is 320 g/mol. The molecule has 4 nitrogen and oxygen atoms in total. The van der Waals surface area contributed by atoms with Gasteiger partial charge in [0, 0.05) is 5.56 Å². The van der Waals surface area contributed by atoms with Crippen molar-refractivity contribution in [3.63, 3.8) is 0 Å². The Labute approximate surface area is 140 Å². The third kappa shape index (κ3) is 3.10. The number of fused-ring (bicyclic) bond motifs is 1. The lowest BCUT2D eigenvalue weighted by Gasteiger charge is -2.11. The molecule has 2 aromatic carbocycles. The van der Waals surface area contributed by atoms with Crippen LogP contribution < -0.4 is 5.56 Å². The summed E-state index contributed by atoms with van der Waals surface area (Å²) in [6.07, 6.45) is 5.35. The van der Waals surface area contributed by atoms with Crippen molar-refractivity contribution in [1.82, 2.24) is 9.97 Å². The minimum Gasteiger partial charge on any atom is -0.374 e. The van der Waals surface area contributed by atoms with Crippen LogP contribution in [0.1, 0.15) is 31.2 Å². The lowest BCUT2D eigenvalue weighted by molar-refractivity contribution is 0.0457. The summed E-state index contributed by atoms with van der Waals surface area (Å²) in [7, 11) is 0. The van der Waals surface area contributed by atoms with E-state index in [4.69, 9.17) is 4.74 Å². The van der Waals surface area contributed by atoms with Gasteiger partial charge in [-0.1, -0.05) is 49.2 Å². The minimum atomic E-state index is -0.107. The zero-order chi connectivity index (χ0) is 16.4. The van der Waals surface area contributed by atoms with Gasteiger partial charge in [0.1, 0.15) is 5.82 Å². The monoisotopic (exact) mass is 320 g/mol. The highest BCUT2D eigenvalue weighted by molar-refractivity contribution is 5.79. The van der Waals surface area contributed by atoms with E-state index in [-0.39, 0.29) is 5.56 Å². The first kappa shape index (κ1) is 15.1. The molecule has 0 saturated heterocycles. The van der Waals surface area contributed by atoms with Gasteiger partial charge in [-0.05, 0) is 30.5 Å². The summed E-state index contributed by atoms with van der Waals surface area (Å²) in [5.74, 6) is 0.599. The van der Waals surface area contributed by atoms with Crippen LogP contribution in [0.4, 0.5) is 0 Å². The molecule has 1 heterocycles. The normalized spacial score (nSPS) is 15.2. The molecule has 1 saturated carbocycles. The van der Waals surface area contributed by atoms with Gasteiger partial charge in [0.05, 0.1) is 23.6 Å². The van der Waals surface area contributed by atoms with Crippen LogP contribution in [0.5, 0.6) is 0 Å². The second-order valence-electron chi connectivity index (χ2n) is 6.35. The highest BCUT2D eigenvalue weighted by atomic mass is 16.5. The zero-order valence-corrected chi connectivity index (χ0v) is 13.5. The molecule has 0 aliphatic heterocycles. The molecule has 0 radical (unpaired) electrons. The fraction of sp³-hybridized carbons (Fsp3) is 0.300. The highest BCUT2D eigenvalue weighted by Gasteiger charge is 2.15. The maximum absolute atomic E-state index is 12.2. The van der Waals surface area contributed by atoms with Gasteiger partial charge in [-0.3, -0.25) is 4.79 Å². The first-order valence-electron chi connectivity index (χ1n) is 8.49. The zero-order valence-electron chi connectivity index (χ0n) is 13.5. The fourth-order valence-corrected chi connectivity index (χ4v) is 3.25. The summed E-state index contributed by atoms with van der Waals surface area (Å²) in [4.78, 5) is 19.6. The molecule has 0 unspecified atom stereocenters. The summed E-state index contributed by atoms with van der Waals surface area (Å²) in [6.45, 7) is 0.645. The number of nitrogens with zero attached hydrogens (tertiary/aromatic N) is 1. The molecule has 0 atom stereocenters. The van der Waals surface area contributed by atoms with Gasteiger partial charge in [-0.15, -0.1) is 0 Å². The van der Waals surface area contributed by atoms with Crippen molar-refractivity contribution in [2.24, 2.45) is 0 Å². The topological polar surface area (TPSA) is 55.0 Å². The lowest BCUT2D eigenvalue weighted by Crippen LogP contribution is -2.09. The van der Waals surface area contributed by atoms with Crippen molar-refractivity contribution < 1.29 is 4.74 Å². The molecule has 4 heteroatoms. The van der Waals surface area contributed by atoms with Crippen LogP contribution in [-0.4, -0.2) is 16.1 Å². The standard InChI is InChI=1S/C20H20N2O2/c23-20-17-7-3-4-8-18(17)21-19(22-20)15-11-9-14(10-12-15)13-24-16-5-1-2-6-16/h3-4,7-12,16H,1-2,5-6,13H2,(H,21,22,23). The molecular weight excluding hydrogens is 300 g/mol. The Morgan fingerprint density at radius 3 is 2.58 bits per heavy atom. The Morgan fingerprint density at radius 2 is 1.79 bits per heavy atom. The number of ether oxygens (including phenoxy) is 1. The summed E-state index contributed by atoms with van der Waals surface area (Å²) in [6, 6.07) is 15.4. The molecule has 24 heavy (non-hydrogen) atoms. The number of para-hydroxylation sites is 1. The van der Waals surface area contributed by atoms with E-state index in [1.54, 1.807) is 6.07 Å². The molecule has 3 aromatic rings. The number of H-pyrrole nitrogens is 1. The van der Waals surface area contributed by atoms with Crippen LogP contribution in [0.2, 0.25) is 0 Å². The molecule has 0 bridgehead atoms. The number of aromatic amines is 1. The van der Waals surface area contributed by atoms with E-state index in [2.05, 4.69) is 9.97 Å². The molecule has 1 aliphatic carbocycles. The smallest absolute Gasteiger partial charge is 0.259 e. The Kier molecular flexibility index (Phi) is 4.13. The van der Waals surface area contributed by atoms with Crippen LogP contribution in [0.3, 0.4) is 0 Å². The molecule has 1 aliphatic rings. The van der Waals surface area contributed by atoms with Crippen molar-refractivity contribution in [2.45, 2.75) is 38.4 Å². The number of nitrogens with one attached hydrogen (secondary N) is 1. The third-order valence-corrected chi connectivity index (χ3v) is 4.63. The van der Waals surface area contributed by atoms with Gasteiger partial charge in [0.15, 0.2) is 0 Å². The van der Waals surface area contributed by atoms with E-state index in [0.29, 0.717) is 29.4 Å². The predicted molar refractivity (Wildman–Crippen MR) is 94.8 cm³/mol. The van der Waals surface area contributed by atoms with E-state index >= 15 is 0 Å². The van der Waals surface area contributed by atoms with Gasteiger partial charge >= 0.3 is 0 Å². The molecule has 0 amide bonds. The van der Waals surface area contributed by atoms with Crippen LogP contribution >= 0.6 is 0 Å². The summed E-state index contributed by atoms with van der Waals surface area (Å²) in [5, 5.41) is 0.614. The van der Waals surface area contributed by atoms with Gasteiger partial charge < -0.3 is 9.72 Å². The van der Waals surface area contributed by atoms with Gasteiger partial charge in [-0.25, -0.2) is 4.98 Å².